The summed E-state index contributed by atoms with van der Waals surface area (Å²) in [6.45, 7) is 0.963. The number of rotatable bonds is 4. The van der Waals surface area contributed by atoms with E-state index in [0.29, 0.717) is 37.5 Å². The Bertz CT molecular complexity index is 1450. The van der Waals surface area contributed by atoms with Crippen molar-refractivity contribution >= 4 is 45.4 Å². The number of benzene rings is 2. The second-order valence-electron chi connectivity index (χ2n) is 8.94. The van der Waals surface area contributed by atoms with Crippen LogP contribution in [0.2, 0.25) is 0 Å². The summed E-state index contributed by atoms with van der Waals surface area (Å²) >= 11 is 0. The van der Waals surface area contributed by atoms with Crippen molar-refractivity contribution in [2.45, 2.75) is 25.0 Å². The van der Waals surface area contributed by atoms with Crippen molar-refractivity contribution in [1.82, 2.24) is 25.2 Å². The molecule has 4 heterocycles. The second kappa shape index (κ2) is 8.55. The Morgan fingerprint density at radius 3 is 2.80 bits per heavy atom. The van der Waals surface area contributed by atoms with Crippen LogP contribution < -0.4 is 10.2 Å². The molecule has 4 aromatic rings. The number of imidazole rings is 1. The Kier molecular flexibility index (Phi) is 5.22. The molecule has 0 radical (unpaired) electrons. The topological polar surface area (TPSA) is 130 Å². The number of aromatic nitrogens is 3. The van der Waals surface area contributed by atoms with Crippen molar-refractivity contribution in [3.8, 4) is 0 Å². The molecule has 2 aromatic heterocycles. The van der Waals surface area contributed by atoms with E-state index >= 15 is 0 Å². The normalized spacial score (nSPS) is 20.3. The van der Waals surface area contributed by atoms with E-state index in [4.69, 9.17) is 0 Å². The van der Waals surface area contributed by atoms with Gasteiger partial charge in [0.15, 0.2) is 0 Å². The van der Waals surface area contributed by atoms with E-state index in [-0.39, 0.29) is 24.6 Å². The van der Waals surface area contributed by atoms with Gasteiger partial charge in [-0.3, -0.25) is 20.0 Å². The van der Waals surface area contributed by atoms with Crippen LogP contribution in [0.5, 0.6) is 0 Å². The number of H-pyrrole nitrogens is 2. The number of aliphatic imine (C=N–C) groups is 1. The summed E-state index contributed by atoms with van der Waals surface area (Å²) in [5, 5.41) is 13.6. The second-order valence-corrected chi connectivity index (χ2v) is 8.94. The Balaban J connectivity index is 1.36. The van der Waals surface area contributed by atoms with Crippen molar-refractivity contribution in [2.75, 3.05) is 24.5 Å². The first-order valence-corrected chi connectivity index (χ1v) is 11.7. The number of fused-ring (bicyclic) bond motifs is 2. The molecule has 1 unspecified atom stereocenters. The molecule has 35 heavy (non-hydrogen) atoms. The zero-order valence-electron chi connectivity index (χ0n) is 18.9. The number of aromatic amines is 2. The minimum atomic E-state index is -0.516. The number of nitrogens with one attached hydrogen (secondary N) is 3. The van der Waals surface area contributed by atoms with E-state index in [1.165, 1.54) is 0 Å². The van der Waals surface area contributed by atoms with E-state index in [1.807, 2.05) is 48.7 Å². The SMILES string of the molecule is O=C(C/N=C1/NC(=O)N(c2ccc3nc[nH]c3c2)C1c1ccc2[nH]ccc2c1)N1CCC(O)CC1. The van der Waals surface area contributed by atoms with Gasteiger partial charge < -0.3 is 20.0 Å². The molecule has 0 aliphatic carbocycles. The molecule has 0 spiro atoms. The smallest absolute Gasteiger partial charge is 0.328 e. The maximum Gasteiger partial charge on any atom is 0.328 e. The number of hydrogen-bond donors (Lipinski definition) is 4. The van der Waals surface area contributed by atoms with Gasteiger partial charge in [0.25, 0.3) is 0 Å². The minimum Gasteiger partial charge on any atom is -0.393 e. The molecular formula is C25H25N7O3. The summed E-state index contributed by atoms with van der Waals surface area (Å²) in [5.74, 6) is 0.316. The zero-order chi connectivity index (χ0) is 23.9. The lowest BCUT2D eigenvalue weighted by Gasteiger charge is -2.29. The first kappa shape index (κ1) is 21.4. The standard InChI is InChI=1S/C25H25N7O3/c33-18-6-9-31(10-7-18)22(34)13-27-24-23(16-1-3-19-15(11-16)5-8-26-19)32(25(35)30-24)17-2-4-20-21(12-17)29-14-28-20/h1-5,8,11-12,14,18,23,26,33H,6-7,9-10,13H2,(H,28,29)(H,27,30,35). The lowest BCUT2D eigenvalue weighted by Crippen LogP contribution is -2.41. The maximum atomic E-state index is 13.2. The molecule has 4 N–H and O–H groups in total. The van der Waals surface area contributed by atoms with Gasteiger partial charge in [0.05, 0.1) is 23.5 Å². The first-order chi connectivity index (χ1) is 17.1. The molecule has 2 aromatic carbocycles. The summed E-state index contributed by atoms with van der Waals surface area (Å²) in [6.07, 6.45) is 4.28. The predicted octanol–water partition coefficient (Wildman–Crippen LogP) is 2.70. The van der Waals surface area contributed by atoms with Crippen molar-refractivity contribution in [2.24, 2.45) is 4.99 Å². The molecular weight excluding hydrogens is 446 g/mol. The number of carbonyl (C=O) groups excluding carboxylic acids is 2. The molecule has 178 valence electrons. The largest absolute Gasteiger partial charge is 0.393 e. The zero-order valence-corrected chi connectivity index (χ0v) is 18.9. The average Bonchev–Trinajstić information content (AvgIpc) is 3.60. The van der Waals surface area contributed by atoms with Gasteiger partial charge in [-0.2, -0.15) is 0 Å². The van der Waals surface area contributed by atoms with Crippen molar-refractivity contribution in [3.63, 3.8) is 0 Å². The average molecular weight is 472 g/mol. The summed E-state index contributed by atoms with van der Waals surface area (Å²) < 4.78 is 0. The van der Waals surface area contributed by atoms with E-state index in [1.54, 1.807) is 16.1 Å². The van der Waals surface area contributed by atoms with Crippen LogP contribution in [0.3, 0.4) is 0 Å². The number of amidine groups is 1. The molecule has 2 fully saturated rings. The number of carbonyl (C=O) groups is 2. The van der Waals surface area contributed by atoms with Crippen LogP contribution in [0.25, 0.3) is 21.9 Å². The van der Waals surface area contributed by atoms with Crippen LogP contribution in [-0.4, -0.2) is 68.5 Å². The van der Waals surface area contributed by atoms with Gasteiger partial charge in [0.1, 0.15) is 18.4 Å². The van der Waals surface area contributed by atoms with Gasteiger partial charge in [-0.25, -0.2) is 9.78 Å². The Labute approximate surface area is 200 Å². The Morgan fingerprint density at radius 2 is 1.94 bits per heavy atom. The van der Waals surface area contributed by atoms with Crippen LogP contribution in [0.1, 0.15) is 24.4 Å². The third-order valence-corrected chi connectivity index (χ3v) is 6.75. The van der Waals surface area contributed by atoms with E-state index in [9.17, 15) is 14.7 Å². The number of nitrogens with zero attached hydrogens (tertiary/aromatic N) is 4. The molecule has 2 saturated heterocycles. The molecule has 10 heteroatoms. The van der Waals surface area contributed by atoms with Crippen molar-refractivity contribution in [1.29, 1.82) is 0 Å². The van der Waals surface area contributed by atoms with Crippen molar-refractivity contribution in [3.05, 3.63) is 60.6 Å². The van der Waals surface area contributed by atoms with Crippen molar-refractivity contribution < 1.29 is 14.7 Å². The highest BCUT2D eigenvalue weighted by Gasteiger charge is 2.39. The van der Waals surface area contributed by atoms with Gasteiger partial charge >= 0.3 is 6.03 Å². The summed E-state index contributed by atoms with van der Waals surface area (Å²) in [7, 11) is 0. The molecule has 2 aliphatic rings. The number of piperidine rings is 1. The van der Waals surface area contributed by atoms with E-state index in [2.05, 4.69) is 25.3 Å². The van der Waals surface area contributed by atoms with Gasteiger partial charge in [-0.1, -0.05) is 6.07 Å². The van der Waals surface area contributed by atoms with Crippen LogP contribution in [0, 0.1) is 0 Å². The Morgan fingerprint density at radius 1 is 1.09 bits per heavy atom. The Hall–Kier alpha value is -4.18. The molecule has 0 bridgehead atoms. The minimum absolute atomic E-state index is 0.0674. The van der Waals surface area contributed by atoms with E-state index < -0.39 is 6.04 Å². The molecule has 0 saturated carbocycles. The lowest BCUT2D eigenvalue weighted by atomic mass is 10.0. The summed E-state index contributed by atoms with van der Waals surface area (Å²) in [6, 6.07) is 12.7. The number of amides is 3. The molecule has 1 atom stereocenters. The molecule has 2 aliphatic heterocycles. The van der Waals surface area contributed by atoms with Crippen LogP contribution in [-0.2, 0) is 4.79 Å². The van der Waals surface area contributed by atoms with Gasteiger partial charge in [-0.05, 0) is 60.2 Å². The first-order valence-electron chi connectivity index (χ1n) is 11.7. The predicted molar refractivity (Wildman–Crippen MR) is 132 cm³/mol. The highest BCUT2D eigenvalue weighted by Crippen LogP contribution is 2.34. The number of anilines is 1. The monoisotopic (exact) mass is 471 g/mol. The van der Waals surface area contributed by atoms with Crippen LogP contribution in [0.4, 0.5) is 10.5 Å². The fourth-order valence-electron chi connectivity index (χ4n) is 4.86. The quantitative estimate of drug-likeness (QED) is 0.365. The molecule has 10 nitrogen and oxygen atoms in total. The highest BCUT2D eigenvalue weighted by atomic mass is 16.3. The lowest BCUT2D eigenvalue weighted by molar-refractivity contribution is -0.131. The highest BCUT2D eigenvalue weighted by molar-refractivity contribution is 6.17. The van der Waals surface area contributed by atoms with Crippen LogP contribution >= 0.6 is 0 Å². The fourth-order valence-corrected chi connectivity index (χ4v) is 4.86. The number of urea groups is 1. The summed E-state index contributed by atoms with van der Waals surface area (Å²) in [4.78, 5) is 44.5. The number of hydrogen-bond acceptors (Lipinski definition) is 5. The third-order valence-electron chi connectivity index (χ3n) is 6.75. The fraction of sp³-hybridized carbons (Fsp3) is 0.280. The molecule has 3 amide bonds. The maximum absolute atomic E-state index is 13.2. The number of aliphatic hydroxyl groups excluding tert-OH is 1. The van der Waals surface area contributed by atoms with Gasteiger partial charge in [0.2, 0.25) is 5.91 Å². The number of likely N-dealkylation sites (tertiary alicyclic amines) is 1. The molecule has 6 rings (SSSR count). The summed E-state index contributed by atoms with van der Waals surface area (Å²) in [5.41, 5.74) is 4.21. The van der Waals surface area contributed by atoms with Gasteiger partial charge in [0, 0.05) is 30.5 Å². The number of aliphatic hydroxyl groups is 1. The van der Waals surface area contributed by atoms with Crippen LogP contribution in [0.15, 0.2) is 60.0 Å². The third kappa shape index (κ3) is 3.91. The van der Waals surface area contributed by atoms with E-state index in [0.717, 1.165) is 27.5 Å². The van der Waals surface area contributed by atoms with Gasteiger partial charge in [-0.15, -0.1) is 0 Å².